The van der Waals surface area contributed by atoms with Crippen molar-refractivity contribution >= 4 is 39.2 Å². The molecular formula is C18H19ClN2O5S. The number of amides is 1. The summed E-state index contributed by atoms with van der Waals surface area (Å²) in [6, 6.07) is 11.9. The molecule has 0 aliphatic carbocycles. The molecule has 7 nitrogen and oxygen atoms in total. The van der Waals surface area contributed by atoms with Crippen molar-refractivity contribution in [1.29, 1.82) is 0 Å². The van der Waals surface area contributed by atoms with Crippen molar-refractivity contribution in [2.45, 2.75) is 17.9 Å². The van der Waals surface area contributed by atoms with E-state index in [1.54, 1.807) is 24.3 Å². The smallest absolute Gasteiger partial charge is 0.338 e. The van der Waals surface area contributed by atoms with Crippen LogP contribution in [0.5, 0.6) is 0 Å². The Morgan fingerprint density at radius 3 is 2.33 bits per heavy atom. The highest BCUT2D eigenvalue weighted by Gasteiger charge is 2.22. The number of sulfonamides is 1. The highest BCUT2D eigenvalue weighted by Crippen LogP contribution is 2.17. The van der Waals surface area contributed by atoms with E-state index in [0.29, 0.717) is 10.7 Å². The van der Waals surface area contributed by atoms with Gasteiger partial charge in [-0.25, -0.2) is 17.5 Å². The number of benzene rings is 2. The van der Waals surface area contributed by atoms with Crippen molar-refractivity contribution in [3.8, 4) is 0 Å². The number of hydrogen-bond donors (Lipinski definition) is 1. The Kier molecular flexibility index (Phi) is 6.59. The number of carbonyl (C=O) groups is 2. The van der Waals surface area contributed by atoms with Crippen molar-refractivity contribution < 1.29 is 22.7 Å². The van der Waals surface area contributed by atoms with Crippen molar-refractivity contribution in [1.82, 2.24) is 4.31 Å². The molecule has 0 bridgehead atoms. The summed E-state index contributed by atoms with van der Waals surface area (Å²) in [6.45, 7) is 1.42. The number of carbonyl (C=O) groups excluding carboxylic acids is 2. The van der Waals surface area contributed by atoms with E-state index < -0.39 is 28.0 Å². The molecule has 9 heteroatoms. The lowest BCUT2D eigenvalue weighted by Crippen LogP contribution is -2.30. The lowest BCUT2D eigenvalue weighted by atomic mass is 10.2. The molecule has 0 aromatic heterocycles. The maximum Gasteiger partial charge on any atom is 0.338 e. The standard InChI is InChI=1S/C18H19ClN2O5S/c1-12(17(22)20-15-9-7-14(19)8-10-15)26-18(23)13-5-4-6-16(11-13)27(24,25)21(2)3/h4-12H,1-3H3,(H,20,22)/t12-/m0/s1. The van der Waals surface area contributed by atoms with E-state index in [9.17, 15) is 18.0 Å². The van der Waals surface area contributed by atoms with E-state index in [0.717, 1.165) is 4.31 Å². The van der Waals surface area contributed by atoms with Crippen LogP contribution in [0.15, 0.2) is 53.4 Å². The third kappa shape index (κ3) is 5.29. The molecule has 0 radical (unpaired) electrons. The number of ether oxygens (including phenoxy) is 1. The molecule has 0 aliphatic rings. The number of rotatable bonds is 6. The van der Waals surface area contributed by atoms with E-state index >= 15 is 0 Å². The zero-order valence-corrected chi connectivity index (χ0v) is 16.5. The van der Waals surface area contributed by atoms with Crippen LogP contribution in [0.4, 0.5) is 5.69 Å². The molecule has 1 N–H and O–H groups in total. The van der Waals surface area contributed by atoms with Gasteiger partial charge in [-0.05, 0) is 49.4 Å². The lowest BCUT2D eigenvalue weighted by molar-refractivity contribution is -0.123. The molecule has 27 heavy (non-hydrogen) atoms. The summed E-state index contributed by atoms with van der Waals surface area (Å²) < 4.78 is 30.5. The van der Waals surface area contributed by atoms with Gasteiger partial charge in [0.25, 0.3) is 5.91 Å². The molecule has 2 rings (SSSR count). The summed E-state index contributed by atoms with van der Waals surface area (Å²) in [4.78, 5) is 24.4. The van der Waals surface area contributed by atoms with Gasteiger partial charge in [0, 0.05) is 24.8 Å². The van der Waals surface area contributed by atoms with Gasteiger partial charge >= 0.3 is 5.97 Å². The fourth-order valence-corrected chi connectivity index (χ4v) is 3.13. The first-order chi connectivity index (χ1) is 12.6. The SMILES string of the molecule is C[C@H](OC(=O)c1cccc(S(=O)(=O)N(C)C)c1)C(=O)Nc1ccc(Cl)cc1. The van der Waals surface area contributed by atoms with Crippen LogP contribution in [0.25, 0.3) is 0 Å². The third-order valence-corrected chi connectivity index (χ3v) is 5.68. The van der Waals surface area contributed by atoms with Gasteiger partial charge in [0.1, 0.15) is 0 Å². The summed E-state index contributed by atoms with van der Waals surface area (Å²) in [5.41, 5.74) is 0.537. The van der Waals surface area contributed by atoms with Gasteiger partial charge in [-0.2, -0.15) is 0 Å². The first-order valence-corrected chi connectivity index (χ1v) is 9.73. The van der Waals surface area contributed by atoms with Crippen LogP contribution in [-0.2, 0) is 19.6 Å². The number of esters is 1. The maximum atomic E-state index is 12.3. The van der Waals surface area contributed by atoms with Gasteiger partial charge in [-0.15, -0.1) is 0 Å². The fourth-order valence-electron chi connectivity index (χ4n) is 2.05. The van der Waals surface area contributed by atoms with E-state index in [2.05, 4.69) is 5.32 Å². The highest BCUT2D eigenvalue weighted by molar-refractivity contribution is 7.89. The molecule has 2 aromatic rings. The minimum Gasteiger partial charge on any atom is -0.449 e. The molecule has 0 heterocycles. The minimum atomic E-state index is -3.69. The van der Waals surface area contributed by atoms with Crippen molar-refractivity contribution in [3.63, 3.8) is 0 Å². The van der Waals surface area contributed by atoms with E-state index in [-0.39, 0.29) is 10.5 Å². The second-order valence-corrected chi connectivity index (χ2v) is 8.45. The normalized spacial score (nSPS) is 12.5. The largest absolute Gasteiger partial charge is 0.449 e. The van der Waals surface area contributed by atoms with Crippen molar-refractivity contribution in [2.75, 3.05) is 19.4 Å². The van der Waals surface area contributed by atoms with Crippen molar-refractivity contribution in [3.05, 3.63) is 59.1 Å². The number of nitrogens with one attached hydrogen (secondary N) is 1. The van der Waals surface area contributed by atoms with E-state index in [1.807, 2.05) is 0 Å². The fraction of sp³-hybridized carbons (Fsp3) is 0.222. The molecule has 1 amide bonds. The molecule has 0 unspecified atom stereocenters. The van der Waals surface area contributed by atoms with Crippen LogP contribution in [0.2, 0.25) is 5.02 Å². The Bertz CT molecular complexity index is 942. The molecule has 0 aliphatic heterocycles. The summed E-state index contributed by atoms with van der Waals surface area (Å²) in [6.07, 6.45) is -1.08. The Labute approximate surface area is 162 Å². The monoisotopic (exact) mass is 410 g/mol. The van der Waals surface area contributed by atoms with Crippen LogP contribution < -0.4 is 5.32 Å². The number of halogens is 1. The molecule has 0 saturated carbocycles. The summed E-state index contributed by atoms with van der Waals surface area (Å²) in [5, 5.41) is 3.13. The summed E-state index contributed by atoms with van der Waals surface area (Å²) in [5.74, 6) is -1.33. The van der Waals surface area contributed by atoms with Gasteiger partial charge in [-0.1, -0.05) is 17.7 Å². The maximum absolute atomic E-state index is 12.3. The van der Waals surface area contributed by atoms with Crippen LogP contribution in [0.1, 0.15) is 17.3 Å². The average molecular weight is 411 g/mol. The molecule has 1 atom stereocenters. The predicted molar refractivity (Wildman–Crippen MR) is 102 cm³/mol. The van der Waals surface area contributed by atoms with E-state index in [1.165, 1.54) is 45.3 Å². The van der Waals surface area contributed by atoms with Gasteiger partial charge < -0.3 is 10.1 Å². The van der Waals surface area contributed by atoms with Gasteiger partial charge in [-0.3, -0.25) is 4.79 Å². The Morgan fingerprint density at radius 2 is 1.74 bits per heavy atom. The molecule has 0 saturated heterocycles. The highest BCUT2D eigenvalue weighted by atomic mass is 35.5. The van der Waals surface area contributed by atoms with Gasteiger partial charge in [0.15, 0.2) is 6.10 Å². The van der Waals surface area contributed by atoms with Gasteiger partial charge in [0.05, 0.1) is 10.5 Å². The predicted octanol–water partition coefficient (Wildman–Crippen LogP) is 2.77. The summed E-state index contributed by atoms with van der Waals surface area (Å²) >= 11 is 5.78. The molecule has 0 fully saturated rings. The van der Waals surface area contributed by atoms with Crippen LogP contribution in [-0.4, -0.2) is 44.8 Å². The zero-order chi connectivity index (χ0) is 20.2. The first kappa shape index (κ1) is 20.9. The van der Waals surface area contributed by atoms with E-state index in [4.69, 9.17) is 16.3 Å². The van der Waals surface area contributed by atoms with Gasteiger partial charge in [0.2, 0.25) is 10.0 Å². The molecule has 0 spiro atoms. The quantitative estimate of drug-likeness (QED) is 0.739. The van der Waals surface area contributed by atoms with Crippen molar-refractivity contribution in [2.24, 2.45) is 0 Å². The van der Waals surface area contributed by atoms with Crippen LogP contribution in [0, 0.1) is 0 Å². The lowest BCUT2D eigenvalue weighted by Gasteiger charge is -2.15. The molecule has 144 valence electrons. The molecular weight excluding hydrogens is 392 g/mol. The second-order valence-electron chi connectivity index (χ2n) is 5.86. The Balaban J connectivity index is 2.08. The van der Waals surface area contributed by atoms with Crippen LogP contribution >= 0.6 is 11.6 Å². The zero-order valence-electron chi connectivity index (χ0n) is 15.0. The number of anilines is 1. The Hall–Kier alpha value is -2.42. The van der Waals surface area contributed by atoms with Crippen LogP contribution in [0.3, 0.4) is 0 Å². The second kappa shape index (κ2) is 8.51. The first-order valence-electron chi connectivity index (χ1n) is 7.91. The summed E-state index contributed by atoms with van der Waals surface area (Å²) in [7, 11) is -0.902. The average Bonchev–Trinajstić information content (AvgIpc) is 2.63. The Morgan fingerprint density at radius 1 is 1.11 bits per heavy atom. The molecule has 2 aromatic carbocycles. The topological polar surface area (TPSA) is 92.8 Å². The minimum absolute atomic E-state index is 0.0315. The number of hydrogen-bond acceptors (Lipinski definition) is 5. The number of nitrogens with zero attached hydrogens (tertiary/aromatic N) is 1. The third-order valence-electron chi connectivity index (χ3n) is 3.61.